The minimum atomic E-state index is -0.0245. The summed E-state index contributed by atoms with van der Waals surface area (Å²) in [5.74, 6) is -0.0245. The van der Waals surface area contributed by atoms with Crippen molar-refractivity contribution >= 4 is 40.2 Å². The highest BCUT2D eigenvalue weighted by Crippen LogP contribution is 2.25. The van der Waals surface area contributed by atoms with E-state index in [1.807, 2.05) is 19.1 Å². The average Bonchev–Trinajstić information content (AvgIpc) is 2.83. The number of rotatable bonds is 4. The molecule has 0 aliphatic heterocycles. The predicted octanol–water partition coefficient (Wildman–Crippen LogP) is 4.04. The van der Waals surface area contributed by atoms with E-state index in [1.54, 1.807) is 29.2 Å². The molecule has 0 fully saturated rings. The lowest BCUT2D eigenvalue weighted by Gasteiger charge is -2.21. The van der Waals surface area contributed by atoms with Crippen molar-refractivity contribution in [2.75, 3.05) is 17.2 Å². The van der Waals surface area contributed by atoms with Crippen LogP contribution in [0, 0.1) is 0 Å². The monoisotopic (exact) mass is 294 g/mol. The topological polar surface area (TPSA) is 46.3 Å². The van der Waals surface area contributed by atoms with Crippen LogP contribution in [0.25, 0.3) is 0 Å². The van der Waals surface area contributed by atoms with Crippen molar-refractivity contribution < 1.29 is 4.79 Å². The molecule has 3 nitrogen and oxygen atoms in total. The SMILES string of the molecule is CCCN(C(=O)c1ccc(Cl)s1)c1ccc(N)cc1. The molecule has 2 aromatic rings. The first-order valence-corrected chi connectivity index (χ1v) is 7.24. The predicted molar refractivity (Wildman–Crippen MR) is 82.2 cm³/mol. The van der Waals surface area contributed by atoms with E-state index in [4.69, 9.17) is 17.3 Å². The molecule has 0 unspecified atom stereocenters. The second-order valence-electron chi connectivity index (χ2n) is 4.15. The maximum Gasteiger partial charge on any atom is 0.268 e. The molecule has 0 spiro atoms. The van der Waals surface area contributed by atoms with Crippen LogP contribution in [-0.4, -0.2) is 12.5 Å². The number of carbonyl (C=O) groups excluding carboxylic acids is 1. The van der Waals surface area contributed by atoms with Gasteiger partial charge in [-0.15, -0.1) is 11.3 Å². The first kappa shape index (κ1) is 13.9. The van der Waals surface area contributed by atoms with Crippen molar-refractivity contribution in [3.8, 4) is 0 Å². The fraction of sp³-hybridized carbons (Fsp3) is 0.214. The Balaban J connectivity index is 2.29. The third-order valence-electron chi connectivity index (χ3n) is 2.68. The maximum atomic E-state index is 12.5. The van der Waals surface area contributed by atoms with Crippen LogP contribution in [-0.2, 0) is 0 Å². The lowest BCUT2D eigenvalue weighted by Crippen LogP contribution is -2.31. The molecule has 1 aromatic carbocycles. The molecular weight excluding hydrogens is 280 g/mol. The molecule has 0 bridgehead atoms. The highest BCUT2D eigenvalue weighted by Gasteiger charge is 2.18. The lowest BCUT2D eigenvalue weighted by atomic mass is 10.2. The first-order chi connectivity index (χ1) is 9.11. The van der Waals surface area contributed by atoms with Gasteiger partial charge in [-0.3, -0.25) is 4.79 Å². The van der Waals surface area contributed by atoms with Gasteiger partial charge in [-0.2, -0.15) is 0 Å². The van der Waals surface area contributed by atoms with E-state index in [-0.39, 0.29) is 5.91 Å². The summed E-state index contributed by atoms with van der Waals surface area (Å²) in [4.78, 5) is 14.9. The number of hydrogen-bond donors (Lipinski definition) is 1. The molecule has 0 saturated carbocycles. The standard InChI is InChI=1S/C14H15ClN2OS/c1-2-9-17(11-5-3-10(16)4-6-11)14(18)12-7-8-13(15)19-12/h3-8H,2,9,16H2,1H3. The minimum Gasteiger partial charge on any atom is -0.399 e. The van der Waals surface area contributed by atoms with Crippen LogP contribution >= 0.6 is 22.9 Å². The summed E-state index contributed by atoms with van der Waals surface area (Å²) in [6, 6.07) is 10.8. The fourth-order valence-electron chi connectivity index (χ4n) is 1.79. The number of hydrogen-bond acceptors (Lipinski definition) is 3. The van der Waals surface area contributed by atoms with Crippen LogP contribution in [0.4, 0.5) is 11.4 Å². The van der Waals surface area contributed by atoms with Crippen LogP contribution in [0.15, 0.2) is 36.4 Å². The number of nitrogens with zero attached hydrogens (tertiary/aromatic N) is 1. The second kappa shape index (κ2) is 6.08. The van der Waals surface area contributed by atoms with E-state index < -0.39 is 0 Å². The van der Waals surface area contributed by atoms with Gasteiger partial charge in [0.15, 0.2) is 0 Å². The number of anilines is 2. The molecule has 1 aromatic heterocycles. The lowest BCUT2D eigenvalue weighted by molar-refractivity contribution is 0.0991. The zero-order valence-electron chi connectivity index (χ0n) is 10.6. The summed E-state index contributed by atoms with van der Waals surface area (Å²) in [5.41, 5.74) is 7.21. The summed E-state index contributed by atoms with van der Waals surface area (Å²) >= 11 is 7.18. The van der Waals surface area contributed by atoms with Crippen LogP contribution in [0.5, 0.6) is 0 Å². The van der Waals surface area contributed by atoms with Crippen molar-refractivity contribution in [1.82, 2.24) is 0 Å². The van der Waals surface area contributed by atoms with Gasteiger partial charge in [0.25, 0.3) is 5.91 Å². The molecule has 2 rings (SSSR count). The molecule has 0 radical (unpaired) electrons. The molecule has 5 heteroatoms. The molecule has 1 heterocycles. The Hall–Kier alpha value is -1.52. The smallest absolute Gasteiger partial charge is 0.268 e. The van der Waals surface area contributed by atoms with Crippen molar-refractivity contribution in [3.63, 3.8) is 0 Å². The largest absolute Gasteiger partial charge is 0.399 e. The molecular formula is C14H15ClN2OS. The Bertz CT molecular complexity index is 565. The molecule has 100 valence electrons. The minimum absolute atomic E-state index is 0.0245. The Morgan fingerprint density at radius 3 is 2.47 bits per heavy atom. The second-order valence-corrected chi connectivity index (χ2v) is 5.87. The van der Waals surface area contributed by atoms with Crippen molar-refractivity contribution in [1.29, 1.82) is 0 Å². The van der Waals surface area contributed by atoms with Crippen molar-refractivity contribution in [3.05, 3.63) is 45.6 Å². The maximum absolute atomic E-state index is 12.5. The number of nitrogen functional groups attached to an aromatic ring is 1. The highest BCUT2D eigenvalue weighted by molar-refractivity contribution is 7.18. The van der Waals surface area contributed by atoms with Crippen molar-refractivity contribution in [2.24, 2.45) is 0 Å². The van der Waals surface area contributed by atoms with E-state index in [0.717, 1.165) is 12.1 Å². The molecule has 2 N–H and O–H groups in total. The zero-order chi connectivity index (χ0) is 13.8. The van der Waals surface area contributed by atoms with E-state index in [2.05, 4.69) is 0 Å². The number of nitrogens with two attached hydrogens (primary N) is 1. The number of thiophene rings is 1. The number of amides is 1. The zero-order valence-corrected chi connectivity index (χ0v) is 12.2. The van der Waals surface area contributed by atoms with Gasteiger partial charge in [-0.05, 0) is 42.8 Å². The molecule has 1 amide bonds. The third-order valence-corrected chi connectivity index (χ3v) is 3.90. The number of carbonyl (C=O) groups is 1. The normalized spacial score (nSPS) is 10.4. The Labute approximate surface area is 121 Å². The van der Waals surface area contributed by atoms with Crippen LogP contribution in [0.2, 0.25) is 4.34 Å². The summed E-state index contributed by atoms with van der Waals surface area (Å²) < 4.78 is 0.622. The van der Waals surface area contributed by atoms with Crippen LogP contribution in [0.3, 0.4) is 0 Å². The molecule has 19 heavy (non-hydrogen) atoms. The Morgan fingerprint density at radius 1 is 1.26 bits per heavy atom. The Kier molecular flexibility index (Phi) is 4.45. The third kappa shape index (κ3) is 3.28. The van der Waals surface area contributed by atoms with Crippen LogP contribution < -0.4 is 10.6 Å². The van der Waals surface area contributed by atoms with Gasteiger partial charge in [0, 0.05) is 17.9 Å². The molecule has 0 aliphatic carbocycles. The molecule has 0 atom stereocenters. The Morgan fingerprint density at radius 2 is 1.95 bits per heavy atom. The molecule has 0 saturated heterocycles. The van der Waals surface area contributed by atoms with Gasteiger partial charge >= 0.3 is 0 Å². The van der Waals surface area contributed by atoms with E-state index >= 15 is 0 Å². The number of halogens is 1. The summed E-state index contributed by atoms with van der Waals surface area (Å²) in [6.45, 7) is 2.71. The van der Waals surface area contributed by atoms with Gasteiger partial charge in [-0.25, -0.2) is 0 Å². The van der Waals surface area contributed by atoms with E-state index in [1.165, 1.54) is 11.3 Å². The van der Waals surface area contributed by atoms with Crippen molar-refractivity contribution in [2.45, 2.75) is 13.3 Å². The number of benzene rings is 1. The summed E-state index contributed by atoms with van der Waals surface area (Å²) in [7, 11) is 0. The highest BCUT2D eigenvalue weighted by atomic mass is 35.5. The van der Waals surface area contributed by atoms with Gasteiger partial charge in [0.1, 0.15) is 0 Å². The van der Waals surface area contributed by atoms with E-state index in [0.29, 0.717) is 21.4 Å². The summed E-state index contributed by atoms with van der Waals surface area (Å²) in [5, 5.41) is 0. The van der Waals surface area contributed by atoms with Gasteiger partial charge in [-0.1, -0.05) is 18.5 Å². The van der Waals surface area contributed by atoms with Crippen LogP contribution in [0.1, 0.15) is 23.0 Å². The summed E-state index contributed by atoms with van der Waals surface area (Å²) in [6.07, 6.45) is 0.884. The van der Waals surface area contributed by atoms with E-state index in [9.17, 15) is 4.79 Å². The first-order valence-electron chi connectivity index (χ1n) is 6.04. The van der Waals surface area contributed by atoms with Gasteiger partial charge in [0.2, 0.25) is 0 Å². The van der Waals surface area contributed by atoms with Gasteiger partial charge in [0.05, 0.1) is 9.21 Å². The quantitative estimate of drug-likeness (QED) is 0.865. The molecule has 0 aliphatic rings. The fourth-order valence-corrected chi connectivity index (χ4v) is 2.78. The van der Waals surface area contributed by atoms with Gasteiger partial charge < -0.3 is 10.6 Å². The average molecular weight is 295 g/mol.